The van der Waals surface area contributed by atoms with E-state index in [9.17, 15) is 10.1 Å². The average molecular weight is 589 g/mol. The molecule has 0 aliphatic carbocycles. The summed E-state index contributed by atoms with van der Waals surface area (Å²) in [5.74, 6) is 0.237. The number of anilines is 3. The molecule has 10 heteroatoms. The Kier molecular flexibility index (Phi) is 9.17. The van der Waals surface area contributed by atoms with Gasteiger partial charge in [-0.05, 0) is 70.3 Å². The number of carbonyl (C=O) groups excluding carboxylic acids is 1. The molecule has 0 radical (unpaired) electrons. The summed E-state index contributed by atoms with van der Waals surface area (Å²) in [5.41, 5.74) is 6.73. The maximum Gasteiger partial charge on any atom is 0.248 e. The second-order valence-electron chi connectivity index (χ2n) is 10.7. The number of pyridine rings is 2. The molecule has 3 heterocycles. The molecule has 1 amide bonds. The van der Waals surface area contributed by atoms with Crippen LogP contribution in [0.15, 0.2) is 67.0 Å². The molecular weight excluding hydrogens is 552 g/mol. The van der Waals surface area contributed by atoms with Crippen molar-refractivity contribution in [2.45, 2.75) is 33.7 Å². The van der Waals surface area contributed by atoms with Crippen LogP contribution in [-0.4, -0.2) is 57.8 Å². The molecule has 0 aliphatic rings. The van der Waals surface area contributed by atoms with Crippen molar-refractivity contribution in [1.29, 1.82) is 5.26 Å². The Balaban J connectivity index is 1.54. The number of hydrogen-bond acceptors (Lipinski definition) is 8. The molecule has 5 aromatic rings. The number of carbonyl (C=O) groups is 1. The van der Waals surface area contributed by atoms with E-state index >= 15 is 0 Å². The van der Waals surface area contributed by atoms with Crippen LogP contribution in [0.4, 0.5) is 17.1 Å². The molecule has 0 aliphatic heterocycles. The third kappa shape index (κ3) is 6.69. The van der Waals surface area contributed by atoms with Crippen LogP contribution in [-0.2, 0) is 17.8 Å². The van der Waals surface area contributed by atoms with Gasteiger partial charge < -0.3 is 20.3 Å². The number of nitrogens with zero attached hydrogens (tertiary/aromatic N) is 6. The quantitative estimate of drug-likeness (QED) is 0.181. The van der Waals surface area contributed by atoms with Crippen molar-refractivity contribution >= 4 is 44.8 Å². The molecule has 0 spiro atoms. The minimum absolute atomic E-state index is 0.274. The summed E-state index contributed by atoms with van der Waals surface area (Å²) in [4.78, 5) is 23.9. The van der Waals surface area contributed by atoms with Crippen LogP contribution >= 0.6 is 0 Å². The number of ether oxygens (including phenoxy) is 1. The molecule has 0 bridgehead atoms. The highest BCUT2D eigenvalue weighted by Gasteiger charge is 2.19. The van der Waals surface area contributed by atoms with E-state index in [-0.39, 0.29) is 5.91 Å². The van der Waals surface area contributed by atoms with E-state index in [0.29, 0.717) is 65.4 Å². The summed E-state index contributed by atoms with van der Waals surface area (Å²) in [5, 5.41) is 22.9. The van der Waals surface area contributed by atoms with E-state index in [0.717, 1.165) is 27.8 Å². The largest absolute Gasteiger partial charge is 0.492 e. The van der Waals surface area contributed by atoms with Crippen molar-refractivity contribution in [2.24, 2.45) is 0 Å². The van der Waals surface area contributed by atoms with Crippen molar-refractivity contribution < 1.29 is 9.53 Å². The molecular formula is C34H36N8O2. The smallest absolute Gasteiger partial charge is 0.248 e. The summed E-state index contributed by atoms with van der Waals surface area (Å²) >= 11 is 0. The Bertz CT molecular complexity index is 1880. The van der Waals surface area contributed by atoms with E-state index in [1.807, 2.05) is 93.2 Å². The number of likely N-dealkylation sites (N-methyl/N-ethyl adjacent to an activating group) is 1. The molecule has 44 heavy (non-hydrogen) atoms. The SMILES string of the molecule is CCOc1cc2nc(CC)c(C#N)c(Nc3ccc4c(cnn4Cc4ccc(C)nc4)c3)c2cc1NC(=O)/C=C/CN(C)C. The van der Waals surface area contributed by atoms with E-state index in [1.54, 1.807) is 6.08 Å². The summed E-state index contributed by atoms with van der Waals surface area (Å²) < 4.78 is 7.83. The number of rotatable bonds is 11. The predicted octanol–water partition coefficient (Wildman–Crippen LogP) is 5.97. The van der Waals surface area contributed by atoms with Gasteiger partial charge in [-0.15, -0.1) is 0 Å². The first-order chi connectivity index (χ1) is 21.3. The summed E-state index contributed by atoms with van der Waals surface area (Å²) in [7, 11) is 3.87. The van der Waals surface area contributed by atoms with Gasteiger partial charge in [-0.3, -0.25) is 19.4 Å². The van der Waals surface area contributed by atoms with Crippen molar-refractivity contribution in [3.8, 4) is 11.8 Å². The van der Waals surface area contributed by atoms with E-state index in [2.05, 4.69) is 32.9 Å². The molecule has 2 N–H and O–H groups in total. The van der Waals surface area contributed by atoms with Crippen LogP contribution in [0.3, 0.4) is 0 Å². The van der Waals surface area contributed by atoms with Crippen molar-refractivity contribution in [3.63, 3.8) is 0 Å². The fourth-order valence-corrected chi connectivity index (χ4v) is 4.97. The second-order valence-corrected chi connectivity index (χ2v) is 10.7. The van der Waals surface area contributed by atoms with Crippen LogP contribution in [0.1, 0.15) is 36.4 Å². The van der Waals surface area contributed by atoms with Gasteiger partial charge in [0.2, 0.25) is 5.91 Å². The van der Waals surface area contributed by atoms with Crippen molar-refractivity contribution in [2.75, 3.05) is 37.9 Å². The van der Waals surface area contributed by atoms with Gasteiger partial charge in [0.15, 0.2) is 0 Å². The Morgan fingerprint density at radius 1 is 1.14 bits per heavy atom. The molecule has 224 valence electrons. The standard InChI is InChI=1S/C34H36N8O2/c1-6-28-27(18-35)34(26-16-30(32(44-7-2)17-29(26)39-28)40-33(43)9-8-14-41(4)5)38-25-12-13-31-24(15-25)20-37-42(31)21-23-11-10-22(3)36-19-23/h8-13,15-17,19-20H,6-7,14,21H2,1-5H3,(H,38,39)(H,40,43)/b9-8+. The highest BCUT2D eigenvalue weighted by atomic mass is 16.5. The fourth-order valence-electron chi connectivity index (χ4n) is 4.97. The first kappa shape index (κ1) is 30.2. The zero-order valence-corrected chi connectivity index (χ0v) is 25.7. The third-order valence-electron chi connectivity index (χ3n) is 7.12. The Morgan fingerprint density at radius 2 is 1.98 bits per heavy atom. The molecule has 0 atom stereocenters. The van der Waals surface area contributed by atoms with Gasteiger partial charge in [-0.2, -0.15) is 10.4 Å². The topological polar surface area (TPSA) is 121 Å². The van der Waals surface area contributed by atoms with E-state index in [1.165, 1.54) is 6.08 Å². The number of fused-ring (bicyclic) bond motifs is 2. The lowest BCUT2D eigenvalue weighted by molar-refractivity contribution is -0.111. The normalized spacial score (nSPS) is 11.4. The highest BCUT2D eigenvalue weighted by molar-refractivity contribution is 6.05. The second kappa shape index (κ2) is 13.4. The first-order valence-electron chi connectivity index (χ1n) is 14.6. The maximum absolute atomic E-state index is 12.8. The molecule has 2 aromatic carbocycles. The summed E-state index contributed by atoms with van der Waals surface area (Å²) in [6.07, 6.45) is 7.58. The van der Waals surface area contributed by atoms with Crippen molar-refractivity contribution in [1.82, 2.24) is 24.6 Å². The molecule has 0 fully saturated rings. The minimum atomic E-state index is -0.274. The van der Waals surface area contributed by atoms with Crippen LogP contribution in [0.25, 0.3) is 21.8 Å². The Hall–Kier alpha value is -5.27. The van der Waals surface area contributed by atoms with Gasteiger partial charge in [-0.25, -0.2) is 0 Å². The minimum Gasteiger partial charge on any atom is -0.492 e. The van der Waals surface area contributed by atoms with Crippen LogP contribution in [0, 0.1) is 18.3 Å². The summed E-state index contributed by atoms with van der Waals surface area (Å²) in [6, 6.07) is 16.0. The van der Waals surface area contributed by atoms with E-state index in [4.69, 9.17) is 9.72 Å². The number of aryl methyl sites for hydroxylation is 2. The van der Waals surface area contributed by atoms with Gasteiger partial charge in [0.05, 0.1) is 53.0 Å². The average Bonchev–Trinajstić information content (AvgIpc) is 3.40. The van der Waals surface area contributed by atoms with Crippen LogP contribution < -0.4 is 15.4 Å². The lowest BCUT2D eigenvalue weighted by Crippen LogP contribution is -2.13. The molecule has 0 unspecified atom stereocenters. The molecule has 5 rings (SSSR count). The lowest BCUT2D eigenvalue weighted by Gasteiger charge is -2.18. The number of benzene rings is 2. The zero-order valence-electron chi connectivity index (χ0n) is 25.7. The summed E-state index contributed by atoms with van der Waals surface area (Å²) in [6.45, 7) is 7.49. The van der Waals surface area contributed by atoms with E-state index < -0.39 is 0 Å². The first-order valence-corrected chi connectivity index (χ1v) is 14.6. The maximum atomic E-state index is 12.8. The lowest BCUT2D eigenvalue weighted by atomic mass is 10.0. The number of hydrogen-bond donors (Lipinski definition) is 2. The van der Waals surface area contributed by atoms with Gasteiger partial charge in [0, 0.05) is 47.0 Å². The monoisotopic (exact) mass is 588 g/mol. The molecule has 0 saturated heterocycles. The molecule has 3 aromatic heterocycles. The van der Waals surface area contributed by atoms with Crippen molar-refractivity contribution in [3.05, 3.63) is 89.5 Å². The number of nitriles is 1. The fraction of sp³-hybridized carbons (Fsp3) is 0.265. The number of aromatic nitrogens is 4. The Labute approximate surface area is 257 Å². The molecule has 10 nitrogen and oxygen atoms in total. The van der Waals surface area contributed by atoms with Gasteiger partial charge in [0.25, 0.3) is 0 Å². The predicted molar refractivity (Wildman–Crippen MR) is 174 cm³/mol. The van der Waals surface area contributed by atoms with Crippen LogP contribution in [0.2, 0.25) is 0 Å². The van der Waals surface area contributed by atoms with Gasteiger partial charge in [-0.1, -0.05) is 19.1 Å². The third-order valence-corrected chi connectivity index (χ3v) is 7.12. The number of amides is 1. The van der Waals surface area contributed by atoms with Gasteiger partial charge in [0.1, 0.15) is 11.8 Å². The highest BCUT2D eigenvalue weighted by Crippen LogP contribution is 2.38. The zero-order chi connectivity index (χ0) is 31.2. The van der Waals surface area contributed by atoms with Gasteiger partial charge >= 0.3 is 0 Å². The molecule has 0 saturated carbocycles. The number of nitrogens with one attached hydrogen (secondary N) is 2. The Morgan fingerprint density at radius 3 is 2.68 bits per heavy atom. The van der Waals surface area contributed by atoms with Crippen LogP contribution in [0.5, 0.6) is 5.75 Å².